The lowest BCUT2D eigenvalue weighted by molar-refractivity contribution is 0.389. The number of nitrogens with one attached hydrogen (secondary N) is 1. The van der Waals surface area contributed by atoms with Gasteiger partial charge in [0, 0.05) is 23.1 Å². The third-order valence-corrected chi connectivity index (χ3v) is 4.10. The second kappa shape index (κ2) is 6.61. The molecule has 0 bridgehead atoms. The molecule has 1 heterocycles. The highest BCUT2D eigenvalue weighted by molar-refractivity contribution is 5.83. The largest absolute Gasteiger partial charge is 0.493 e. The van der Waals surface area contributed by atoms with Crippen LogP contribution in [0.1, 0.15) is 37.3 Å². The summed E-state index contributed by atoms with van der Waals surface area (Å²) in [4.78, 5) is 0. The summed E-state index contributed by atoms with van der Waals surface area (Å²) in [6.07, 6.45) is 0. The topological polar surface area (TPSA) is 34.4 Å². The summed E-state index contributed by atoms with van der Waals surface area (Å²) in [5.41, 5.74) is 1.10. The van der Waals surface area contributed by atoms with E-state index in [9.17, 15) is 8.78 Å². The molecule has 3 nitrogen and oxygen atoms in total. The van der Waals surface area contributed by atoms with E-state index in [1.165, 1.54) is 12.1 Å². The zero-order valence-electron chi connectivity index (χ0n) is 13.8. The molecule has 0 saturated carbocycles. The number of rotatable bonds is 5. The van der Waals surface area contributed by atoms with Gasteiger partial charge in [0.15, 0.2) is 11.3 Å². The van der Waals surface area contributed by atoms with Crippen LogP contribution in [0.25, 0.3) is 11.0 Å². The molecule has 1 aromatic heterocycles. The highest BCUT2D eigenvalue weighted by Gasteiger charge is 2.18. The van der Waals surface area contributed by atoms with Crippen molar-refractivity contribution >= 4 is 11.0 Å². The number of para-hydroxylation sites is 1. The summed E-state index contributed by atoms with van der Waals surface area (Å²) >= 11 is 0. The molecule has 2 atom stereocenters. The molecule has 2 unspecified atom stereocenters. The van der Waals surface area contributed by atoms with Gasteiger partial charge in [-0.25, -0.2) is 8.78 Å². The standard InChI is InChI=1S/C19H19F2NO2/c1-11(15-8-7-14(20)10-16(15)21)22-12(2)18-9-13-5-4-6-17(23-3)19(13)24-18/h4-12,22H,1-3H3. The molecular formula is C19H19F2NO2. The molecule has 3 rings (SSSR count). The van der Waals surface area contributed by atoms with Crippen molar-refractivity contribution < 1.29 is 17.9 Å². The maximum atomic E-state index is 13.9. The number of hydrogen-bond acceptors (Lipinski definition) is 3. The lowest BCUT2D eigenvalue weighted by Crippen LogP contribution is -2.23. The minimum Gasteiger partial charge on any atom is -0.493 e. The molecule has 5 heteroatoms. The average Bonchev–Trinajstić information content (AvgIpc) is 2.98. The van der Waals surface area contributed by atoms with E-state index in [-0.39, 0.29) is 12.1 Å². The Labute approximate surface area is 139 Å². The summed E-state index contributed by atoms with van der Waals surface area (Å²) in [7, 11) is 1.60. The lowest BCUT2D eigenvalue weighted by atomic mass is 10.1. The fraction of sp³-hybridized carbons (Fsp3) is 0.263. The van der Waals surface area contributed by atoms with Crippen LogP contribution in [0.15, 0.2) is 46.9 Å². The summed E-state index contributed by atoms with van der Waals surface area (Å²) in [5, 5.41) is 4.22. The van der Waals surface area contributed by atoms with Crippen molar-refractivity contribution in [3.05, 3.63) is 65.4 Å². The average molecular weight is 331 g/mol. The number of methoxy groups -OCH3 is 1. The summed E-state index contributed by atoms with van der Waals surface area (Å²) < 4.78 is 38.1. The van der Waals surface area contributed by atoms with Crippen molar-refractivity contribution in [1.29, 1.82) is 0 Å². The molecule has 0 spiro atoms. The number of benzene rings is 2. The van der Waals surface area contributed by atoms with E-state index in [1.54, 1.807) is 7.11 Å². The highest BCUT2D eigenvalue weighted by Crippen LogP contribution is 2.31. The lowest BCUT2D eigenvalue weighted by Gasteiger charge is -2.19. The van der Waals surface area contributed by atoms with Gasteiger partial charge in [0.2, 0.25) is 0 Å². The van der Waals surface area contributed by atoms with Crippen LogP contribution >= 0.6 is 0 Å². The molecule has 0 saturated heterocycles. The van der Waals surface area contributed by atoms with Crippen LogP contribution in [-0.4, -0.2) is 7.11 Å². The van der Waals surface area contributed by atoms with Gasteiger partial charge in [-0.05, 0) is 32.0 Å². The predicted molar refractivity (Wildman–Crippen MR) is 89.1 cm³/mol. The Hall–Kier alpha value is -2.40. The normalized spacial score (nSPS) is 13.9. The first-order valence-electron chi connectivity index (χ1n) is 7.77. The molecule has 0 aliphatic heterocycles. The van der Waals surface area contributed by atoms with Crippen LogP contribution in [0.5, 0.6) is 5.75 Å². The van der Waals surface area contributed by atoms with Crippen LogP contribution < -0.4 is 10.1 Å². The van der Waals surface area contributed by atoms with E-state index in [0.29, 0.717) is 16.9 Å². The van der Waals surface area contributed by atoms with E-state index in [4.69, 9.17) is 9.15 Å². The van der Waals surface area contributed by atoms with Gasteiger partial charge in [0.25, 0.3) is 0 Å². The maximum Gasteiger partial charge on any atom is 0.176 e. The Morgan fingerprint density at radius 1 is 1.04 bits per heavy atom. The molecule has 3 aromatic rings. The zero-order valence-corrected chi connectivity index (χ0v) is 13.8. The van der Waals surface area contributed by atoms with Crippen molar-refractivity contribution in [2.45, 2.75) is 25.9 Å². The zero-order chi connectivity index (χ0) is 17.3. The summed E-state index contributed by atoms with van der Waals surface area (Å²) in [5.74, 6) is 0.252. The van der Waals surface area contributed by atoms with Crippen LogP contribution in [0.4, 0.5) is 8.78 Å². The molecule has 24 heavy (non-hydrogen) atoms. The minimum atomic E-state index is -0.583. The number of halogens is 2. The van der Waals surface area contributed by atoms with Gasteiger partial charge in [0.1, 0.15) is 17.4 Å². The number of fused-ring (bicyclic) bond motifs is 1. The quantitative estimate of drug-likeness (QED) is 0.703. The smallest absolute Gasteiger partial charge is 0.176 e. The van der Waals surface area contributed by atoms with Crippen LogP contribution in [-0.2, 0) is 0 Å². The molecular weight excluding hydrogens is 312 g/mol. The van der Waals surface area contributed by atoms with Crippen molar-refractivity contribution in [3.63, 3.8) is 0 Å². The van der Waals surface area contributed by atoms with Gasteiger partial charge < -0.3 is 14.5 Å². The summed E-state index contributed by atoms with van der Waals surface area (Å²) in [6.45, 7) is 3.76. The van der Waals surface area contributed by atoms with Crippen molar-refractivity contribution in [1.82, 2.24) is 5.32 Å². The second-order valence-corrected chi connectivity index (χ2v) is 5.80. The second-order valence-electron chi connectivity index (χ2n) is 5.80. The molecule has 2 aromatic carbocycles. The number of hydrogen-bond donors (Lipinski definition) is 1. The highest BCUT2D eigenvalue weighted by atomic mass is 19.1. The van der Waals surface area contributed by atoms with E-state index < -0.39 is 11.6 Å². The Bertz CT molecular complexity index is 860. The van der Waals surface area contributed by atoms with E-state index in [0.717, 1.165) is 17.2 Å². The first-order chi connectivity index (χ1) is 11.5. The third-order valence-electron chi connectivity index (χ3n) is 4.10. The monoisotopic (exact) mass is 331 g/mol. The van der Waals surface area contributed by atoms with Gasteiger partial charge in [-0.15, -0.1) is 0 Å². The Morgan fingerprint density at radius 3 is 2.54 bits per heavy atom. The van der Waals surface area contributed by atoms with E-state index in [2.05, 4.69) is 5.32 Å². The molecule has 1 N–H and O–H groups in total. The van der Waals surface area contributed by atoms with Crippen molar-refractivity contribution in [2.24, 2.45) is 0 Å². The first kappa shape index (κ1) is 16.5. The molecule has 0 fully saturated rings. The fourth-order valence-electron chi connectivity index (χ4n) is 2.83. The predicted octanol–water partition coefficient (Wildman–Crippen LogP) is 5.13. The van der Waals surface area contributed by atoms with Crippen LogP contribution in [0.2, 0.25) is 0 Å². The van der Waals surface area contributed by atoms with E-state index in [1.807, 2.05) is 38.1 Å². The van der Waals surface area contributed by atoms with Crippen molar-refractivity contribution in [2.75, 3.05) is 7.11 Å². The molecule has 126 valence electrons. The van der Waals surface area contributed by atoms with Gasteiger partial charge >= 0.3 is 0 Å². The SMILES string of the molecule is COc1cccc2cc(C(C)NC(C)c3ccc(F)cc3F)oc12. The summed E-state index contributed by atoms with van der Waals surface area (Å²) in [6, 6.07) is 10.8. The first-order valence-corrected chi connectivity index (χ1v) is 7.77. The number of furan rings is 1. The Morgan fingerprint density at radius 2 is 1.83 bits per heavy atom. The number of ether oxygens (including phenoxy) is 1. The van der Waals surface area contributed by atoms with Crippen LogP contribution in [0, 0.1) is 11.6 Å². The molecule has 0 aliphatic carbocycles. The van der Waals surface area contributed by atoms with Gasteiger partial charge in [-0.1, -0.05) is 18.2 Å². The van der Waals surface area contributed by atoms with Gasteiger partial charge in [0.05, 0.1) is 13.2 Å². The van der Waals surface area contributed by atoms with Gasteiger partial charge in [-0.3, -0.25) is 0 Å². The Kier molecular flexibility index (Phi) is 4.53. The Balaban J connectivity index is 1.83. The van der Waals surface area contributed by atoms with E-state index >= 15 is 0 Å². The molecule has 0 aliphatic rings. The van der Waals surface area contributed by atoms with Crippen molar-refractivity contribution in [3.8, 4) is 5.75 Å². The van der Waals surface area contributed by atoms with Gasteiger partial charge in [-0.2, -0.15) is 0 Å². The fourth-order valence-corrected chi connectivity index (χ4v) is 2.83. The minimum absolute atomic E-state index is 0.151. The van der Waals surface area contributed by atoms with Crippen LogP contribution in [0.3, 0.4) is 0 Å². The molecule has 0 radical (unpaired) electrons. The third kappa shape index (κ3) is 3.12. The molecule has 0 amide bonds. The maximum absolute atomic E-state index is 13.9.